The van der Waals surface area contributed by atoms with Crippen LogP contribution in [0.15, 0.2) is 30.3 Å². The van der Waals surface area contributed by atoms with Gasteiger partial charge in [0.1, 0.15) is 11.4 Å². The summed E-state index contributed by atoms with van der Waals surface area (Å²) >= 11 is 0. The number of rotatable bonds is 4. The summed E-state index contributed by atoms with van der Waals surface area (Å²) in [5, 5.41) is 0. The molecule has 0 aromatic heterocycles. The fourth-order valence-electron chi connectivity index (χ4n) is 1.16. The minimum atomic E-state index is -1.04. The van der Waals surface area contributed by atoms with E-state index in [4.69, 9.17) is 14.2 Å². The highest BCUT2D eigenvalue weighted by Gasteiger charge is 2.26. The monoisotopic (exact) mass is 238 g/mol. The molecule has 1 aromatic carbocycles. The molecule has 1 unspecified atom stereocenters. The number of ether oxygens (including phenoxy) is 3. The number of esters is 1. The van der Waals surface area contributed by atoms with Gasteiger partial charge in [-0.15, -0.1) is 0 Å². The largest absolute Gasteiger partial charge is 0.455 e. The maximum Gasteiger partial charge on any atom is 0.376 e. The highest BCUT2D eigenvalue weighted by Crippen LogP contribution is 2.14. The zero-order valence-electron chi connectivity index (χ0n) is 10.6. The van der Waals surface area contributed by atoms with Gasteiger partial charge in [0.15, 0.2) is 0 Å². The van der Waals surface area contributed by atoms with Gasteiger partial charge in [-0.1, -0.05) is 18.2 Å². The third kappa shape index (κ3) is 4.87. The summed E-state index contributed by atoms with van der Waals surface area (Å²) in [4.78, 5) is 11.7. The van der Waals surface area contributed by atoms with Crippen LogP contribution in [0, 0.1) is 0 Å². The molecule has 0 N–H and O–H groups in total. The van der Waals surface area contributed by atoms with Gasteiger partial charge in [-0.05, 0) is 32.9 Å². The van der Waals surface area contributed by atoms with Crippen LogP contribution in [-0.2, 0) is 14.3 Å². The highest BCUT2D eigenvalue weighted by molar-refractivity contribution is 5.74. The van der Waals surface area contributed by atoms with Crippen molar-refractivity contribution in [2.75, 3.05) is 7.11 Å². The molecule has 1 atom stereocenters. The van der Waals surface area contributed by atoms with Crippen molar-refractivity contribution >= 4 is 5.97 Å². The van der Waals surface area contributed by atoms with Gasteiger partial charge in [0.2, 0.25) is 0 Å². The second kappa shape index (κ2) is 5.68. The lowest BCUT2D eigenvalue weighted by Gasteiger charge is -2.23. The van der Waals surface area contributed by atoms with E-state index < -0.39 is 17.9 Å². The molecule has 0 aliphatic rings. The zero-order valence-corrected chi connectivity index (χ0v) is 10.6. The third-order valence-electron chi connectivity index (χ3n) is 1.80. The van der Waals surface area contributed by atoms with Crippen LogP contribution in [0.5, 0.6) is 5.75 Å². The summed E-state index contributed by atoms with van der Waals surface area (Å²) in [6.07, 6.45) is -1.04. The number of carbonyl (C=O) groups excluding carboxylic acids is 1. The number of benzene rings is 1. The molecular weight excluding hydrogens is 220 g/mol. The first kappa shape index (κ1) is 13.5. The van der Waals surface area contributed by atoms with Gasteiger partial charge in [-0.25, -0.2) is 4.79 Å². The maximum atomic E-state index is 11.7. The molecule has 1 aromatic rings. The van der Waals surface area contributed by atoms with Gasteiger partial charge in [0.25, 0.3) is 6.29 Å². The average Bonchev–Trinajstić information content (AvgIpc) is 2.24. The molecule has 0 radical (unpaired) electrons. The number of hydrogen-bond acceptors (Lipinski definition) is 4. The van der Waals surface area contributed by atoms with E-state index in [0.717, 1.165) is 0 Å². The van der Waals surface area contributed by atoms with Gasteiger partial charge >= 0.3 is 5.97 Å². The van der Waals surface area contributed by atoms with Crippen LogP contribution in [0.25, 0.3) is 0 Å². The molecule has 4 nitrogen and oxygen atoms in total. The number of hydrogen-bond donors (Lipinski definition) is 0. The second-order valence-corrected chi connectivity index (χ2v) is 4.53. The van der Waals surface area contributed by atoms with E-state index in [9.17, 15) is 4.79 Å². The van der Waals surface area contributed by atoms with E-state index in [0.29, 0.717) is 5.75 Å². The van der Waals surface area contributed by atoms with Gasteiger partial charge in [0, 0.05) is 7.11 Å². The Morgan fingerprint density at radius 1 is 1.18 bits per heavy atom. The van der Waals surface area contributed by atoms with Crippen LogP contribution < -0.4 is 4.74 Å². The summed E-state index contributed by atoms with van der Waals surface area (Å²) in [6, 6.07) is 8.99. The fourth-order valence-corrected chi connectivity index (χ4v) is 1.16. The number of methoxy groups -OCH3 is 1. The van der Waals surface area contributed by atoms with E-state index in [-0.39, 0.29) is 0 Å². The summed E-state index contributed by atoms with van der Waals surface area (Å²) in [5.74, 6) is 0.0223. The Bertz CT molecular complexity index is 353. The normalized spacial score (nSPS) is 12.9. The van der Waals surface area contributed by atoms with Gasteiger partial charge in [-0.2, -0.15) is 0 Å². The second-order valence-electron chi connectivity index (χ2n) is 4.53. The summed E-state index contributed by atoms with van der Waals surface area (Å²) in [5.41, 5.74) is -0.562. The lowest BCUT2D eigenvalue weighted by Crippen LogP contribution is -2.36. The first-order valence-corrected chi connectivity index (χ1v) is 5.40. The lowest BCUT2D eigenvalue weighted by molar-refractivity contribution is -0.184. The average molecular weight is 238 g/mol. The molecule has 17 heavy (non-hydrogen) atoms. The molecule has 4 heteroatoms. The topological polar surface area (TPSA) is 44.8 Å². The van der Waals surface area contributed by atoms with Crippen LogP contribution in [0.4, 0.5) is 0 Å². The van der Waals surface area contributed by atoms with E-state index in [1.54, 1.807) is 32.9 Å². The van der Waals surface area contributed by atoms with Crippen molar-refractivity contribution in [1.82, 2.24) is 0 Å². The first-order chi connectivity index (χ1) is 7.92. The van der Waals surface area contributed by atoms with E-state index in [1.807, 2.05) is 18.2 Å². The molecule has 0 fully saturated rings. The maximum absolute atomic E-state index is 11.7. The molecule has 0 spiro atoms. The van der Waals surface area contributed by atoms with Crippen molar-refractivity contribution in [1.29, 1.82) is 0 Å². The number of carbonyl (C=O) groups is 1. The molecule has 94 valence electrons. The predicted molar refractivity (Wildman–Crippen MR) is 63.7 cm³/mol. The molecule has 0 heterocycles. The standard InChI is InChI=1S/C13H18O4/c1-13(2,3)17-11(14)12(15-4)16-10-8-6-5-7-9-10/h5-9,12H,1-4H3. The minimum absolute atomic E-state index is 0.538. The van der Waals surface area contributed by atoms with Crippen molar-refractivity contribution in [3.05, 3.63) is 30.3 Å². The molecule has 0 amide bonds. The van der Waals surface area contributed by atoms with E-state index in [2.05, 4.69) is 0 Å². The smallest absolute Gasteiger partial charge is 0.376 e. The molecule has 0 aliphatic carbocycles. The van der Waals surface area contributed by atoms with Crippen LogP contribution in [0.1, 0.15) is 20.8 Å². The quantitative estimate of drug-likeness (QED) is 0.596. The summed E-state index contributed by atoms with van der Waals surface area (Å²) < 4.78 is 15.5. The fraction of sp³-hybridized carbons (Fsp3) is 0.462. The zero-order chi connectivity index (χ0) is 12.9. The lowest BCUT2D eigenvalue weighted by atomic mass is 10.2. The van der Waals surface area contributed by atoms with Crippen molar-refractivity contribution < 1.29 is 19.0 Å². The highest BCUT2D eigenvalue weighted by atomic mass is 16.7. The Balaban J connectivity index is 2.63. The molecule has 0 bridgehead atoms. The molecule has 0 saturated carbocycles. The molecule has 1 rings (SSSR count). The summed E-state index contributed by atoms with van der Waals surface area (Å²) in [6.45, 7) is 5.38. The van der Waals surface area contributed by atoms with Crippen LogP contribution in [-0.4, -0.2) is 25.0 Å². The Hall–Kier alpha value is -1.55. The first-order valence-electron chi connectivity index (χ1n) is 5.40. The van der Waals surface area contributed by atoms with Crippen LogP contribution >= 0.6 is 0 Å². The van der Waals surface area contributed by atoms with Gasteiger partial charge in [0.05, 0.1) is 0 Å². The van der Waals surface area contributed by atoms with Gasteiger partial charge in [-0.3, -0.25) is 0 Å². The molecule has 0 aliphatic heterocycles. The van der Waals surface area contributed by atoms with Gasteiger partial charge < -0.3 is 14.2 Å². The Labute approximate surface area is 101 Å². The predicted octanol–water partition coefficient (Wildman–Crippen LogP) is 2.38. The molecular formula is C13H18O4. The van der Waals surface area contributed by atoms with Crippen molar-refractivity contribution in [2.24, 2.45) is 0 Å². The molecule has 0 saturated heterocycles. The SMILES string of the molecule is COC(Oc1ccccc1)C(=O)OC(C)(C)C. The van der Waals surface area contributed by atoms with E-state index in [1.165, 1.54) is 7.11 Å². The van der Waals surface area contributed by atoms with Crippen LogP contribution in [0.3, 0.4) is 0 Å². The minimum Gasteiger partial charge on any atom is -0.455 e. The van der Waals surface area contributed by atoms with Crippen molar-refractivity contribution in [3.8, 4) is 5.75 Å². The summed E-state index contributed by atoms with van der Waals surface area (Å²) in [7, 11) is 1.40. The number of para-hydroxylation sites is 1. The Morgan fingerprint density at radius 2 is 1.76 bits per heavy atom. The van der Waals surface area contributed by atoms with Crippen molar-refractivity contribution in [2.45, 2.75) is 32.7 Å². The third-order valence-corrected chi connectivity index (χ3v) is 1.80. The van der Waals surface area contributed by atoms with E-state index >= 15 is 0 Å². The Morgan fingerprint density at radius 3 is 2.24 bits per heavy atom. The van der Waals surface area contributed by atoms with Crippen molar-refractivity contribution in [3.63, 3.8) is 0 Å². The van der Waals surface area contributed by atoms with Crippen LogP contribution in [0.2, 0.25) is 0 Å². The Kier molecular flexibility index (Phi) is 4.52.